The molecule has 0 atom stereocenters. The van der Waals surface area contributed by atoms with Crippen molar-refractivity contribution >= 4 is 24.1 Å². The number of aliphatic carboxylic acids is 1. The molecule has 0 aliphatic carbocycles. The number of piperazine rings is 1. The summed E-state index contributed by atoms with van der Waals surface area (Å²) in [5, 5.41) is 12.0. The van der Waals surface area contributed by atoms with Gasteiger partial charge in [0, 0.05) is 31.9 Å². The van der Waals surface area contributed by atoms with Crippen molar-refractivity contribution < 1.29 is 22.8 Å². The van der Waals surface area contributed by atoms with E-state index in [0.29, 0.717) is 31.9 Å². The van der Waals surface area contributed by atoms with Crippen LogP contribution in [0, 0.1) is 6.92 Å². The van der Waals surface area contributed by atoms with E-state index in [1.165, 1.54) is 6.92 Å². The highest BCUT2D eigenvalue weighted by Gasteiger charge is 2.30. The van der Waals surface area contributed by atoms with Gasteiger partial charge in [0.25, 0.3) is 0 Å². The molecule has 1 heterocycles. The summed E-state index contributed by atoms with van der Waals surface area (Å²) in [6.45, 7) is -1.08. The number of benzene rings is 1. The molecule has 1 aromatic rings. The maximum absolute atomic E-state index is 13.2. The average Bonchev–Trinajstić information content (AvgIpc) is 2.39. The van der Waals surface area contributed by atoms with Gasteiger partial charge in [-0.05, 0) is 18.6 Å². The van der Waals surface area contributed by atoms with Crippen molar-refractivity contribution in [3.05, 3.63) is 23.3 Å². The van der Waals surface area contributed by atoms with Crippen LogP contribution >= 0.6 is 0 Å². The number of hydrogen-bond acceptors (Lipinski definition) is 3. The van der Waals surface area contributed by atoms with Crippen LogP contribution in [0.3, 0.4) is 0 Å². The van der Waals surface area contributed by atoms with Crippen LogP contribution in [0.15, 0.2) is 12.1 Å². The number of carbonyl (C=O) groups is 1. The molecule has 0 aromatic heterocycles. The van der Waals surface area contributed by atoms with Gasteiger partial charge in [0.15, 0.2) is 0 Å². The van der Waals surface area contributed by atoms with E-state index in [9.17, 15) is 17.7 Å². The van der Waals surface area contributed by atoms with E-state index in [1.54, 1.807) is 6.07 Å². The molecule has 0 amide bonds. The summed E-state index contributed by atoms with van der Waals surface area (Å²) in [7, 11) is 0. The second-order valence-corrected chi connectivity index (χ2v) is 5.21. The Balaban J connectivity index is 2.48. The third kappa shape index (κ3) is 3.69. The number of nitrogens with zero attached hydrogens (tertiary/aromatic N) is 1. The fraction of sp³-hybridized carbons (Fsp3) is 0.462. The minimum absolute atomic E-state index is 0.179. The Bertz CT molecular complexity index is 543. The quantitative estimate of drug-likeness (QED) is 0.817. The summed E-state index contributed by atoms with van der Waals surface area (Å²) >= 11 is 0. The SMILES string of the molecule is Cc1c(N2CCNCC2)cc(CC(=O)O)cc1[B-](F)(F)F. The van der Waals surface area contributed by atoms with Crippen molar-refractivity contribution in [2.24, 2.45) is 0 Å². The summed E-state index contributed by atoms with van der Waals surface area (Å²) in [6.07, 6.45) is -0.404. The molecule has 116 valence electrons. The predicted octanol–water partition coefficient (Wildman–Crippen LogP) is 1.09. The molecule has 21 heavy (non-hydrogen) atoms. The number of hydrogen-bond donors (Lipinski definition) is 2. The van der Waals surface area contributed by atoms with Crippen LogP contribution in [0.5, 0.6) is 0 Å². The lowest BCUT2D eigenvalue weighted by atomic mass is 9.75. The highest BCUT2D eigenvalue weighted by Crippen LogP contribution is 2.25. The van der Waals surface area contributed by atoms with Crippen molar-refractivity contribution in [1.82, 2.24) is 5.32 Å². The van der Waals surface area contributed by atoms with Crippen molar-refractivity contribution in [3.63, 3.8) is 0 Å². The Labute approximate surface area is 121 Å². The molecule has 1 fully saturated rings. The molecule has 0 saturated carbocycles. The van der Waals surface area contributed by atoms with E-state index in [-0.39, 0.29) is 11.1 Å². The van der Waals surface area contributed by atoms with Crippen LogP contribution in [0.2, 0.25) is 0 Å². The number of halogens is 3. The topological polar surface area (TPSA) is 52.6 Å². The van der Waals surface area contributed by atoms with Gasteiger partial charge < -0.3 is 28.3 Å². The molecule has 0 radical (unpaired) electrons. The van der Waals surface area contributed by atoms with Crippen LogP contribution in [0.1, 0.15) is 11.1 Å². The average molecular weight is 301 g/mol. The van der Waals surface area contributed by atoms with Gasteiger partial charge in [-0.25, -0.2) is 0 Å². The lowest BCUT2D eigenvalue weighted by Gasteiger charge is -2.33. The Hall–Kier alpha value is -1.70. The Kier molecular flexibility index (Phi) is 4.46. The van der Waals surface area contributed by atoms with Gasteiger partial charge in [0.1, 0.15) is 0 Å². The molecule has 0 unspecified atom stereocenters. The van der Waals surface area contributed by atoms with Gasteiger partial charge in [-0.2, -0.15) is 0 Å². The first-order chi connectivity index (χ1) is 9.79. The van der Waals surface area contributed by atoms with Crippen LogP contribution in [0.4, 0.5) is 18.6 Å². The molecular formula is C13H17BF3N2O2-. The third-order valence-corrected chi connectivity index (χ3v) is 3.65. The second kappa shape index (κ2) is 5.97. The minimum Gasteiger partial charge on any atom is -0.481 e. The van der Waals surface area contributed by atoms with Crippen molar-refractivity contribution in [3.8, 4) is 0 Å². The lowest BCUT2D eigenvalue weighted by molar-refractivity contribution is -0.136. The first-order valence-corrected chi connectivity index (χ1v) is 6.80. The molecule has 0 spiro atoms. The van der Waals surface area contributed by atoms with E-state index in [2.05, 4.69) is 5.32 Å². The van der Waals surface area contributed by atoms with Crippen LogP contribution in [0.25, 0.3) is 0 Å². The normalized spacial score (nSPS) is 16.1. The summed E-state index contributed by atoms with van der Waals surface area (Å²) in [6, 6.07) is 2.54. The molecule has 1 saturated heterocycles. The molecular weight excluding hydrogens is 284 g/mol. The molecule has 2 N–H and O–H groups in total. The highest BCUT2D eigenvalue weighted by molar-refractivity contribution is 6.74. The van der Waals surface area contributed by atoms with Gasteiger partial charge in [-0.15, -0.1) is 5.46 Å². The van der Waals surface area contributed by atoms with Crippen molar-refractivity contribution in [2.45, 2.75) is 13.3 Å². The molecule has 4 nitrogen and oxygen atoms in total. The molecule has 1 aromatic carbocycles. The zero-order valence-electron chi connectivity index (χ0n) is 11.7. The van der Waals surface area contributed by atoms with E-state index >= 15 is 0 Å². The van der Waals surface area contributed by atoms with Crippen molar-refractivity contribution in [2.75, 3.05) is 31.1 Å². The number of nitrogens with one attached hydrogen (secondary N) is 1. The maximum atomic E-state index is 13.2. The molecule has 0 bridgehead atoms. The lowest BCUT2D eigenvalue weighted by Crippen LogP contribution is -2.45. The van der Waals surface area contributed by atoms with Gasteiger partial charge in [-0.1, -0.05) is 11.6 Å². The summed E-state index contributed by atoms with van der Waals surface area (Å²) in [5.41, 5.74) is 0.168. The smallest absolute Gasteiger partial charge is 0.481 e. The Morgan fingerprint density at radius 2 is 1.95 bits per heavy atom. The molecule has 1 aliphatic heterocycles. The third-order valence-electron chi connectivity index (χ3n) is 3.65. The number of carboxylic acid groups (broad SMARTS) is 1. The first-order valence-electron chi connectivity index (χ1n) is 6.80. The summed E-state index contributed by atoms with van der Waals surface area (Å²) in [4.78, 5) is 12.7. The second-order valence-electron chi connectivity index (χ2n) is 5.21. The maximum Gasteiger partial charge on any atom is 0.509 e. The monoisotopic (exact) mass is 301 g/mol. The molecule has 8 heteroatoms. The van der Waals surface area contributed by atoms with Gasteiger partial charge in [0.05, 0.1) is 6.42 Å². The number of rotatable bonds is 4. The van der Waals surface area contributed by atoms with Crippen LogP contribution in [-0.4, -0.2) is 44.2 Å². The fourth-order valence-electron chi connectivity index (χ4n) is 2.63. The van der Waals surface area contributed by atoms with Gasteiger partial charge in [-0.3, -0.25) is 4.79 Å². The van der Waals surface area contributed by atoms with E-state index in [4.69, 9.17) is 5.11 Å². The summed E-state index contributed by atoms with van der Waals surface area (Å²) < 4.78 is 39.6. The van der Waals surface area contributed by atoms with E-state index in [0.717, 1.165) is 6.07 Å². The fourth-order valence-corrected chi connectivity index (χ4v) is 2.63. The first kappa shape index (κ1) is 15.7. The van der Waals surface area contributed by atoms with Gasteiger partial charge >= 0.3 is 12.9 Å². The Morgan fingerprint density at radius 1 is 1.33 bits per heavy atom. The van der Waals surface area contributed by atoms with E-state index in [1.807, 2.05) is 4.90 Å². The van der Waals surface area contributed by atoms with Gasteiger partial charge in [0.2, 0.25) is 0 Å². The summed E-state index contributed by atoms with van der Waals surface area (Å²) in [5.74, 6) is -1.13. The predicted molar refractivity (Wildman–Crippen MR) is 76.3 cm³/mol. The molecule has 2 rings (SSSR count). The zero-order chi connectivity index (χ0) is 15.6. The standard InChI is InChI=1S/C13H17BF3N2O2/c1-9-11(14(15,16)17)6-10(8-13(20)21)7-12(9)19-4-2-18-3-5-19/h6-7,18H,2-5,8H2,1H3,(H,20,21)/q-1. The van der Waals surface area contributed by atoms with Crippen LogP contribution in [-0.2, 0) is 11.2 Å². The molecule has 1 aliphatic rings. The minimum atomic E-state index is -5.16. The van der Waals surface area contributed by atoms with Crippen molar-refractivity contribution in [1.29, 1.82) is 0 Å². The zero-order valence-corrected chi connectivity index (χ0v) is 11.7. The Morgan fingerprint density at radius 3 is 2.48 bits per heavy atom. The number of carboxylic acids is 1. The van der Waals surface area contributed by atoms with Crippen LogP contribution < -0.4 is 15.7 Å². The highest BCUT2D eigenvalue weighted by atomic mass is 19.4. The van der Waals surface area contributed by atoms with E-state index < -0.39 is 24.8 Å². The number of anilines is 1. The largest absolute Gasteiger partial charge is 0.509 e.